The van der Waals surface area contributed by atoms with Crippen LogP contribution in [0.25, 0.3) is 0 Å². The van der Waals surface area contributed by atoms with Crippen molar-refractivity contribution < 1.29 is 22.7 Å². The number of allylic oxidation sites excluding steroid dienone is 4. The standard InChI is InChI=1S/C28H35F3O2/c1-2-33-17-23-12-11-22(15-26(23)29)19-7-9-21(10-8-19)25-14-13-24(27(30)28(25)31)20-5-3-18(16-32)4-6-20/h11-16,18-21,27-28H,2-10,17H2,1H3. The highest BCUT2D eigenvalue weighted by Gasteiger charge is 2.39. The highest BCUT2D eigenvalue weighted by atomic mass is 19.2. The Bertz CT molecular complexity index is 877. The first-order chi connectivity index (χ1) is 16.0. The van der Waals surface area contributed by atoms with Gasteiger partial charge in [0.1, 0.15) is 12.1 Å². The lowest BCUT2D eigenvalue weighted by atomic mass is 9.71. The van der Waals surface area contributed by atoms with Crippen molar-refractivity contribution in [2.75, 3.05) is 6.61 Å². The van der Waals surface area contributed by atoms with Crippen LogP contribution in [0.5, 0.6) is 0 Å². The fourth-order valence-corrected chi connectivity index (χ4v) is 5.93. The van der Waals surface area contributed by atoms with E-state index in [9.17, 15) is 9.18 Å². The van der Waals surface area contributed by atoms with Gasteiger partial charge in [0.25, 0.3) is 0 Å². The first-order valence-electron chi connectivity index (χ1n) is 12.5. The first kappa shape index (κ1) is 24.3. The molecule has 0 N–H and O–H groups in total. The molecule has 0 heterocycles. The summed E-state index contributed by atoms with van der Waals surface area (Å²) in [5, 5.41) is 0. The van der Waals surface area contributed by atoms with Crippen LogP contribution in [0.3, 0.4) is 0 Å². The van der Waals surface area contributed by atoms with E-state index in [0.717, 1.165) is 63.2 Å². The lowest BCUT2D eigenvalue weighted by molar-refractivity contribution is -0.112. The molecule has 0 spiro atoms. The molecule has 180 valence electrons. The highest BCUT2D eigenvalue weighted by molar-refractivity contribution is 5.53. The van der Waals surface area contributed by atoms with E-state index in [0.29, 0.717) is 23.3 Å². The van der Waals surface area contributed by atoms with Crippen LogP contribution in [0.2, 0.25) is 0 Å². The molecule has 0 amide bonds. The topological polar surface area (TPSA) is 26.3 Å². The Balaban J connectivity index is 1.37. The van der Waals surface area contributed by atoms with Crippen LogP contribution in [-0.2, 0) is 16.1 Å². The van der Waals surface area contributed by atoms with Crippen molar-refractivity contribution in [2.24, 2.45) is 17.8 Å². The monoisotopic (exact) mass is 460 g/mol. The average molecular weight is 461 g/mol. The number of benzene rings is 1. The lowest BCUT2D eigenvalue weighted by Gasteiger charge is -2.36. The van der Waals surface area contributed by atoms with Gasteiger partial charge in [0.15, 0.2) is 12.3 Å². The Labute approximate surface area is 195 Å². The molecule has 1 aromatic carbocycles. The molecule has 2 atom stereocenters. The summed E-state index contributed by atoms with van der Waals surface area (Å²) < 4.78 is 50.0. The number of hydrogen-bond donors (Lipinski definition) is 0. The third-order valence-electron chi connectivity index (χ3n) is 8.01. The molecule has 2 nitrogen and oxygen atoms in total. The van der Waals surface area contributed by atoms with E-state index in [4.69, 9.17) is 4.74 Å². The van der Waals surface area contributed by atoms with Crippen LogP contribution < -0.4 is 0 Å². The van der Waals surface area contributed by atoms with Gasteiger partial charge in [0.05, 0.1) is 6.61 Å². The summed E-state index contributed by atoms with van der Waals surface area (Å²) in [6.45, 7) is 2.71. The fraction of sp³-hybridized carbons (Fsp3) is 0.607. The Morgan fingerprint density at radius 1 is 0.879 bits per heavy atom. The summed E-state index contributed by atoms with van der Waals surface area (Å²) in [7, 11) is 0. The maximum absolute atomic E-state index is 15.2. The molecule has 2 fully saturated rings. The van der Waals surface area contributed by atoms with E-state index in [1.807, 2.05) is 25.1 Å². The maximum Gasteiger partial charge on any atom is 0.157 e. The first-order valence-corrected chi connectivity index (χ1v) is 12.5. The lowest BCUT2D eigenvalue weighted by Crippen LogP contribution is -2.33. The van der Waals surface area contributed by atoms with Crippen molar-refractivity contribution >= 4 is 6.29 Å². The Morgan fingerprint density at radius 2 is 1.42 bits per heavy atom. The van der Waals surface area contributed by atoms with Gasteiger partial charge in [0.2, 0.25) is 0 Å². The van der Waals surface area contributed by atoms with Crippen LogP contribution in [-0.4, -0.2) is 25.2 Å². The summed E-state index contributed by atoms with van der Waals surface area (Å²) >= 11 is 0. The number of carbonyl (C=O) groups excluding carboxylic acids is 1. The molecule has 1 aromatic rings. The predicted octanol–water partition coefficient (Wildman–Crippen LogP) is 7.18. The third kappa shape index (κ3) is 5.45. The summed E-state index contributed by atoms with van der Waals surface area (Å²) in [4.78, 5) is 11.0. The SMILES string of the molecule is CCOCc1ccc(C2CCC(C3=CC=C(C4CCC(C=O)CC4)C(F)C3F)CC2)cc1F. The number of hydrogen-bond acceptors (Lipinski definition) is 2. The highest BCUT2D eigenvalue weighted by Crippen LogP contribution is 2.44. The molecule has 4 rings (SSSR count). The van der Waals surface area contributed by atoms with Crippen LogP contribution in [0.4, 0.5) is 13.2 Å². The van der Waals surface area contributed by atoms with Crippen molar-refractivity contribution in [1.29, 1.82) is 0 Å². The Hall–Kier alpha value is -1.88. The largest absolute Gasteiger partial charge is 0.377 e. The fourth-order valence-electron chi connectivity index (χ4n) is 5.93. The molecule has 0 aromatic heterocycles. The van der Waals surface area contributed by atoms with Crippen molar-refractivity contribution in [2.45, 2.75) is 83.2 Å². The molecule has 0 saturated heterocycles. The summed E-state index contributed by atoms with van der Waals surface area (Å²) in [6.07, 6.45) is 7.82. The van der Waals surface area contributed by atoms with E-state index in [1.54, 1.807) is 12.1 Å². The summed E-state index contributed by atoms with van der Waals surface area (Å²) in [5.74, 6) is 0.172. The Kier molecular flexibility index (Phi) is 8.11. The van der Waals surface area contributed by atoms with E-state index in [1.165, 1.54) is 0 Å². The number of halogens is 3. The van der Waals surface area contributed by atoms with Gasteiger partial charge in [-0.2, -0.15) is 0 Å². The molecule has 3 aliphatic carbocycles. The van der Waals surface area contributed by atoms with Gasteiger partial charge in [-0.05, 0) is 98.8 Å². The minimum absolute atomic E-state index is 0.0418. The molecular formula is C28H35F3O2. The number of aldehydes is 1. The van der Waals surface area contributed by atoms with Gasteiger partial charge in [-0.25, -0.2) is 13.2 Å². The maximum atomic E-state index is 15.2. The molecule has 2 unspecified atom stereocenters. The zero-order valence-electron chi connectivity index (χ0n) is 19.4. The van der Waals surface area contributed by atoms with Crippen LogP contribution in [0.1, 0.15) is 75.3 Å². The van der Waals surface area contributed by atoms with Crippen molar-refractivity contribution in [3.05, 3.63) is 58.4 Å². The third-order valence-corrected chi connectivity index (χ3v) is 8.01. The molecule has 0 bridgehead atoms. The van der Waals surface area contributed by atoms with Crippen molar-refractivity contribution in [3.63, 3.8) is 0 Å². The van der Waals surface area contributed by atoms with Gasteiger partial charge in [-0.15, -0.1) is 0 Å². The molecule has 0 radical (unpaired) electrons. The van der Waals surface area contributed by atoms with Gasteiger partial charge in [-0.3, -0.25) is 0 Å². The van der Waals surface area contributed by atoms with Crippen LogP contribution in [0.15, 0.2) is 41.5 Å². The second-order valence-corrected chi connectivity index (χ2v) is 9.92. The van der Waals surface area contributed by atoms with E-state index < -0.39 is 12.3 Å². The van der Waals surface area contributed by atoms with E-state index in [2.05, 4.69) is 0 Å². The van der Waals surface area contributed by atoms with Gasteiger partial charge in [0, 0.05) is 18.1 Å². The zero-order valence-corrected chi connectivity index (χ0v) is 19.4. The predicted molar refractivity (Wildman–Crippen MR) is 124 cm³/mol. The van der Waals surface area contributed by atoms with E-state index in [-0.39, 0.29) is 36.1 Å². The van der Waals surface area contributed by atoms with Crippen molar-refractivity contribution in [1.82, 2.24) is 0 Å². The smallest absolute Gasteiger partial charge is 0.157 e. The van der Waals surface area contributed by atoms with Crippen molar-refractivity contribution in [3.8, 4) is 0 Å². The second kappa shape index (κ2) is 11.0. The number of ether oxygens (including phenoxy) is 1. The number of rotatable bonds is 7. The Morgan fingerprint density at radius 3 is 1.94 bits per heavy atom. The van der Waals surface area contributed by atoms with Gasteiger partial charge >= 0.3 is 0 Å². The summed E-state index contributed by atoms with van der Waals surface area (Å²) in [5.41, 5.74) is 2.71. The molecule has 33 heavy (non-hydrogen) atoms. The minimum atomic E-state index is -1.58. The van der Waals surface area contributed by atoms with Gasteiger partial charge in [-0.1, -0.05) is 24.3 Å². The van der Waals surface area contributed by atoms with Crippen LogP contribution in [0, 0.1) is 23.6 Å². The van der Waals surface area contributed by atoms with E-state index >= 15 is 8.78 Å². The molecule has 0 aliphatic heterocycles. The van der Waals surface area contributed by atoms with Crippen LogP contribution >= 0.6 is 0 Å². The quantitative estimate of drug-likeness (QED) is 0.403. The molecular weight excluding hydrogens is 425 g/mol. The molecule has 5 heteroatoms. The average Bonchev–Trinajstić information content (AvgIpc) is 2.85. The molecule has 2 saturated carbocycles. The number of alkyl halides is 2. The zero-order chi connectivity index (χ0) is 23.4. The second-order valence-electron chi connectivity index (χ2n) is 9.92. The van der Waals surface area contributed by atoms with Gasteiger partial charge < -0.3 is 9.53 Å². The minimum Gasteiger partial charge on any atom is -0.377 e. The molecule has 3 aliphatic rings. The normalized spacial score (nSPS) is 32.7. The number of carbonyl (C=O) groups is 1. The summed E-state index contributed by atoms with van der Waals surface area (Å²) in [6, 6.07) is 5.39.